The summed E-state index contributed by atoms with van der Waals surface area (Å²) in [6, 6.07) is 12.6. The zero-order chi connectivity index (χ0) is 11.6. The summed E-state index contributed by atoms with van der Waals surface area (Å²) in [4.78, 5) is 0. The molecule has 86 valence electrons. The maximum atomic E-state index is 9.96. The Morgan fingerprint density at radius 3 is 1.76 bits per heavy atom. The fraction of sp³-hybridized carbons (Fsp3) is 0.333. The van der Waals surface area contributed by atoms with E-state index in [1.165, 1.54) is 21.9 Å². The number of rotatable bonds is 0. The molecular formula is C15H14O2. The number of fused-ring (bicyclic) bond motifs is 6. The summed E-state index contributed by atoms with van der Waals surface area (Å²) in [6.45, 7) is 0. The van der Waals surface area contributed by atoms with Crippen LogP contribution in [0.4, 0.5) is 0 Å². The number of hydrogen-bond donors (Lipinski definition) is 2. The molecule has 4 rings (SSSR count). The molecule has 0 aromatic heterocycles. The predicted molar refractivity (Wildman–Crippen MR) is 66.1 cm³/mol. The van der Waals surface area contributed by atoms with E-state index in [0.717, 1.165) is 6.42 Å². The van der Waals surface area contributed by atoms with Crippen molar-refractivity contribution in [3.8, 4) is 0 Å². The summed E-state index contributed by atoms with van der Waals surface area (Å²) in [5.74, 6) is 0.268. The van der Waals surface area contributed by atoms with Crippen molar-refractivity contribution in [1.29, 1.82) is 0 Å². The predicted octanol–water partition coefficient (Wildman–Crippen LogP) is 2.15. The van der Waals surface area contributed by atoms with E-state index in [-0.39, 0.29) is 11.8 Å². The van der Waals surface area contributed by atoms with Crippen LogP contribution in [0.3, 0.4) is 0 Å². The summed E-state index contributed by atoms with van der Waals surface area (Å²) in [5, 5.41) is 22.4. The van der Waals surface area contributed by atoms with Crippen molar-refractivity contribution in [2.24, 2.45) is 0 Å². The topological polar surface area (TPSA) is 40.5 Å². The van der Waals surface area contributed by atoms with Crippen molar-refractivity contribution in [2.75, 3.05) is 0 Å². The lowest BCUT2D eigenvalue weighted by atomic mass is 9.86. The summed E-state index contributed by atoms with van der Waals surface area (Å²) < 4.78 is 0. The standard InChI is InChI=1S/C15H14O2/c16-14-12-7-13(15(14)17)11-6-9-4-2-1-3-8(9)5-10(11)12/h1-6,12-17H,7H2/t12?,13?,14-,15?/m0/s1. The molecule has 2 bridgehead atoms. The van der Waals surface area contributed by atoms with Crippen molar-refractivity contribution in [3.05, 3.63) is 47.5 Å². The molecule has 2 aromatic carbocycles. The van der Waals surface area contributed by atoms with E-state index in [9.17, 15) is 10.2 Å². The largest absolute Gasteiger partial charge is 0.390 e. The quantitative estimate of drug-likeness (QED) is 0.722. The number of hydrogen-bond acceptors (Lipinski definition) is 2. The fourth-order valence-corrected chi connectivity index (χ4v) is 3.57. The van der Waals surface area contributed by atoms with Gasteiger partial charge in [-0.3, -0.25) is 0 Å². The highest BCUT2D eigenvalue weighted by Gasteiger charge is 2.49. The molecule has 2 heteroatoms. The Labute approximate surface area is 99.5 Å². The van der Waals surface area contributed by atoms with Crippen LogP contribution in [0.5, 0.6) is 0 Å². The first-order valence-corrected chi connectivity index (χ1v) is 6.14. The third-order valence-corrected chi connectivity index (χ3v) is 4.43. The molecule has 1 fully saturated rings. The molecule has 2 aliphatic rings. The lowest BCUT2D eigenvalue weighted by Crippen LogP contribution is -2.30. The molecule has 2 aliphatic carbocycles. The van der Waals surface area contributed by atoms with Crippen molar-refractivity contribution >= 4 is 10.8 Å². The molecule has 0 amide bonds. The Kier molecular flexibility index (Phi) is 1.75. The molecule has 1 saturated carbocycles. The molecule has 17 heavy (non-hydrogen) atoms. The van der Waals surface area contributed by atoms with Crippen LogP contribution in [0.25, 0.3) is 10.8 Å². The van der Waals surface area contributed by atoms with E-state index in [1.54, 1.807) is 0 Å². The van der Waals surface area contributed by atoms with Crippen LogP contribution < -0.4 is 0 Å². The van der Waals surface area contributed by atoms with Gasteiger partial charge in [0, 0.05) is 11.8 Å². The summed E-state index contributed by atoms with van der Waals surface area (Å²) in [5.41, 5.74) is 2.48. The minimum atomic E-state index is -0.575. The lowest BCUT2D eigenvalue weighted by molar-refractivity contribution is 0.0217. The average molecular weight is 226 g/mol. The molecule has 4 atom stereocenters. The van der Waals surface area contributed by atoms with Crippen LogP contribution in [-0.2, 0) is 0 Å². The van der Waals surface area contributed by atoms with E-state index in [2.05, 4.69) is 24.3 Å². The monoisotopic (exact) mass is 226 g/mol. The molecule has 0 heterocycles. The van der Waals surface area contributed by atoms with Crippen molar-refractivity contribution in [2.45, 2.75) is 30.5 Å². The Bertz CT molecular complexity index is 552. The molecule has 3 unspecified atom stereocenters. The zero-order valence-corrected chi connectivity index (χ0v) is 9.38. The Hall–Kier alpha value is -1.38. The molecule has 0 aliphatic heterocycles. The Morgan fingerprint density at radius 1 is 0.824 bits per heavy atom. The Morgan fingerprint density at radius 2 is 1.29 bits per heavy atom. The van der Waals surface area contributed by atoms with Gasteiger partial charge in [0.05, 0.1) is 12.2 Å². The summed E-state index contributed by atoms with van der Waals surface area (Å²) >= 11 is 0. The highest BCUT2D eigenvalue weighted by atomic mass is 16.3. The van der Waals surface area contributed by atoms with Crippen LogP contribution in [0.15, 0.2) is 36.4 Å². The second kappa shape index (κ2) is 3.09. The zero-order valence-electron chi connectivity index (χ0n) is 9.38. The van der Waals surface area contributed by atoms with Gasteiger partial charge >= 0.3 is 0 Å². The fourth-order valence-electron chi connectivity index (χ4n) is 3.57. The van der Waals surface area contributed by atoms with Gasteiger partial charge in [0.15, 0.2) is 0 Å². The maximum Gasteiger partial charge on any atom is 0.0873 e. The normalized spacial score (nSPS) is 34.2. The van der Waals surface area contributed by atoms with Gasteiger partial charge in [0.1, 0.15) is 0 Å². The van der Waals surface area contributed by atoms with Gasteiger partial charge in [-0.15, -0.1) is 0 Å². The minimum Gasteiger partial charge on any atom is -0.390 e. The van der Waals surface area contributed by atoms with Gasteiger partial charge in [0.2, 0.25) is 0 Å². The van der Waals surface area contributed by atoms with Gasteiger partial charge in [-0.2, -0.15) is 0 Å². The van der Waals surface area contributed by atoms with Gasteiger partial charge in [-0.05, 0) is 28.3 Å². The Balaban J connectivity index is 1.99. The maximum absolute atomic E-state index is 9.96. The first-order chi connectivity index (χ1) is 8.25. The van der Waals surface area contributed by atoms with Gasteiger partial charge in [-0.1, -0.05) is 36.4 Å². The molecule has 2 N–H and O–H groups in total. The van der Waals surface area contributed by atoms with Crippen LogP contribution in [0.2, 0.25) is 0 Å². The molecule has 2 aromatic rings. The first-order valence-electron chi connectivity index (χ1n) is 6.14. The number of aliphatic hydroxyl groups excluding tert-OH is 2. The van der Waals surface area contributed by atoms with Crippen LogP contribution in [0, 0.1) is 0 Å². The number of benzene rings is 2. The molecule has 0 radical (unpaired) electrons. The van der Waals surface area contributed by atoms with Gasteiger partial charge in [-0.25, -0.2) is 0 Å². The first kappa shape index (κ1) is 9.63. The second-order valence-corrected chi connectivity index (χ2v) is 5.26. The van der Waals surface area contributed by atoms with Gasteiger partial charge in [0.25, 0.3) is 0 Å². The van der Waals surface area contributed by atoms with Crippen molar-refractivity contribution in [3.63, 3.8) is 0 Å². The third kappa shape index (κ3) is 1.12. The van der Waals surface area contributed by atoms with Crippen molar-refractivity contribution in [1.82, 2.24) is 0 Å². The van der Waals surface area contributed by atoms with Crippen molar-refractivity contribution < 1.29 is 10.2 Å². The van der Waals surface area contributed by atoms with Crippen LogP contribution in [0.1, 0.15) is 29.4 Å². The van der Waals surface area contributed by atoms with Crippen LogP contribution in [-0.4, -0.2) is 22.4 Å². The molecule has 0 saturated heterocycles. The van der Waals surface area contributed by atoms with E-state index in [4.69, 9.17) is 0 Å². The van der Waals surface area contributed by atoms with E-state index < -0.39 is 12.2 Å². The summed E-state index contributed by atoms with van der Waals surface area (Å²) in [7, 11) is 0. The van der Waals surface area contributed by atoms with E-state index >= 15 is 0 Å². The lowest BCUT2D eigenvalue weighted by Gasteiger charge is -2.25. The van der Waals surface area contributed by atoms with Crippen LogP contribution >= 0.6 is 0 Å². The van der Waals surface area contributed by atoms with Gasteiger partial charge < -0.3 is 10.2 Å². The molecule has 2 nitrogen and oxygen atoms in total. The summed E-state index contributed by atoms with van der Waals surface area (Å²) in [6.07, 6.45) is -0.254. The highest BCUT2D eigenvalue weighted by Crippen LogP contribution is 2.53. The number of aliphatic hydroxyl groups is 2. The average Bonchev–Trinajstić information content (AvgIpc) is 2.85. The third-order valence-electron chi connectivity index (χ3n) is 4.43. The smallest absolute Gasteiger partial charge is 0.0873 e. The minimum absolute atomic E-state index is 0.134. The molecule has 0 spiro atoms. The van der Waals surface area contributed by atoms with E-state index in [0.29, 0.717) is 0 Å². The van der Waals surface area contributed by atoms with E-state index in [1.807, 2.05) is 12.1 Å². The second-order valence-electron chi connectivity index (χ2n) is 5.26. The highest BCUT2D eigenvalue weighted by molar-refractivity contribution is 5.85. The molecular weight excluding hydrogens is 212 g/mol. The SMILES string of the molecule is OC1C2CC(c3cc4ccccc4cc32)[C@@H]1O.